The van der Waals surface area contributed by atoms with Gasteiger partial charge in [-0.05, 0) is 47.2 Å². The first-order valence-corrected chi connectivity index (χ1v) is 5.88. The highest BCUT2D eigenvalue weighted by atomic mass is 127. The van der Waals surface area contributed by atoms with Crippen molar-refractivity contribution >= 4 is 28.6 Å². The molecule has 15 heavy (non-hydrogen) atoms. The maximum absolute atomic E-state index is 11.2. The van der Waals surface area contributed by atoms with E-state index in [2.05, 4.69) is 22.6 Å². The molecule has 0 fully saturated rings. The van der Waals surface area contributed by atoms with Crippen molar-refractivity contribution in [1.29, 1.82) is 0 Å². The van der Waals surface area contributed by atoms with Gasteiger partial charge in [-0.25, -0.2) is 0 Å². The van der Waals surface area contributed by atoms with Crippen molar-refractivity contribution < 1.29 is 9.53 Å². The molecule has 3 nitrogen and oxygen atoms in total. The number of ether oxygens (including phenoxy) is 1. The van der Waals surface area contributed by atoms with E-state index in [-0.39, 0.29) is 18.4 Å². The van der Waals surface area contributed by atoms with Gasteiger partial charge < -0.3 is 10.5 Å². The van der Waals surface area contributed by atoms with Gasteiger partial charge in [0.1, 0.15) is 0 Å². The monoisotopic (exact) mass is 319 g/mol. The van der Waals surface area contributed by atoms with Crippen LogP contribution in [0.15, 0.2) is 24.3 Å². The zero-order chi connectivity index (χ0) is 11.3. The summed E-state index contributed by atoms with van der Waals surface area (Å²) in [6.45, 7) is 2.19. The number of nitrogens with two attached hydrogens (primary N) is 1. The molecule has 1 aromatic carbocycles. The van der Waals surface area contributed by atoms with Crippen LogP contribution in [0.1, 0.15) is 24.9 Å². The maximum atomic E-state index is 11.2. The summed E-state index contributed by atoms with van der Waals surface area (Å²) in [7, 11) is 0. The normalized spacial score (nSPS) is 12.2. The Kier molecular flexibility index (Phi) is 5.04. The molecule has 0 radical (unpaired) electrons. The molecular weight excluding hydrogens is 305 g/mol. The molecule has 4 heteroatoms. The van der Waals surface area contributed by atoms with E-state index in [1.165, 1.54) is 0 Å². The molecule has 1 aromatic rings. The molecule has 0 saturated carbocycles. The number of benzene rings is 1. The highest BCUT2D eigenvalue weighted by Gasteiger charge is 2.11. The Morgan fingerprint density at radius 1 is 1.47 bits per heavy atom. The molecule has 0 unspecified atom stereocenters. The van der Waals surface area contributed by atoms with E-state index >= 15 is 0 Å². The number of esters is 1. The quantitative estimate of drug-likeness (QED) is 0.684. The smallest absolute Gasteiger partial charge is 0.307 e. The SMILES string of the molecule is CCOC(=O)C[C@@H](N)c1ccc(I)cc1. The lowest BCUT2D eigenvalue weighted by molar-refractivity contribution is -0.143. The fourth-order valence-corrected chi connectivity index (χ4v) is 1.59. The zero-order valence-electron chi connectivity index (χ0n) is 8.57. The third-order valence-electron chi connectivity index (χ3n) is 1.99. The second-order valence-electron chi connectivity index (χ2n) is 3.17. The van der Waals surface area contributed by atoms with Crippen LogP contribution in [0.3, 0.4) is 0 Å². The Morgan fingerprint density at radius 3 is 2.60 bits per heavy atom. The Morgan fingerprint density at radius 2 is 2.07 bits per heavy atom. The van der Waals surface area contributed by atoms with Gasteiger partial charge >= 0.3 is 5.97 Å². The molecule has 2 N–H and O–H groups in total. The standard InChI is InChI=1S/C11H14INO2/c1-2-15-11(14)7-10(13)8-3-5-9(12)6-4-8/h3-6,10H,2,7,13H2,1H3/t10-/m1/s1. The van der Waals surface area contributed by atoms with Crippen molar-refractivity contribution in [2.24, 2.45) is 5.73 Å². The Balaban J connectivity index is 2.57. The van der Waals surface area contributed by atoms with Gasteiger partial charge in [-0.2, -0.15) is 0 Å². The summed E-state index contributed by atoms with van der Waals surface area (Å²) in [6.07, 6.45) is 0.231. The van der Waals surface area contributed by atoms with Crippen LogP contribution in [0, 0.1) is 3.57 Å². The van der Waals surface area contributed by atoms with Crippen molar-refractivity contribution in [2.75, 3.05) is 6.61 Å². The summed E-state index contributed by atoms with van der Waals surface area (Å²) < 4.78 is 5.99. The van der Waals surface area contributed by atoms with Crippen molar-refractivity contribution in [2.45, 2.75) is 19.4 Å². The molecule has 0 heterocycles. The number of carbonyl (C=O) groups is 1. The van der Waals surface area contributed by atoms with Crippen LogP contribution >= 0.6 is 22.6 Å². The average molecular weight is 319 g/mol. The molecule has 0 bridgehead atoms. The number of carbonyl (C=O) groups excluding carboxylic acids is 1. The molecule has 0 aliphatic rings. The molecule has 0 spiro atoms. The summed E-state index contributed by atoms with van der Waals surface area (Å²) in [6, 6.07) is 7.54. The summed E-state index contributed by atoms with van der Waals surface area (Å²) in [4.78, 5) is 11.2. The molecule has 1 atom stereocenters. The van der Waals surface area contributed by atoms with Crippen molar-refractivity contribution in [1.82, 2.24) is 0 Å². The minimum absolute atomic E-state index is 0.231. The van der Waals surface area contributed by atoms with Crippen LogP contribution in [0.25, 0.3) is 0 Å². The van der Waals surface area contributed by atoms with E-state index in [0.717, 1.165) is 9.13 Å². The number of halogens is 1. The van der Waals surface area contributed by atoms with Crippen LogP contribution in [-0.2, 0) is 9.53 Å². The first-order chi connectivity index (χ1) is 7.13. The second-order valence-corrected chi connectivity index (χ2v) is 4.41. The second kappa shape index (κ2) is 6.07. The molecule has 0 aliphatic carbocycles. The van der Waals surface area contributed by atoms with Gasteiger partial charge in [0, 0.05) is 9.61 Å². The highest BCUT2D eigenvalue weighted by molar-refractivity contribution is 14.1. The fraction of sp³-hybridized carbons (Fsp3) is 0.364. The number of rotatable bonds is 4. The largest absolute Gasteiger partial charge is 0.466 e. The molecule has 0 saturated heterocycles. The van der Waals surface area contributed by atoms with E-state index < -0.39 is 0 Å². The van der Waals surface area contributed by atoms with Gasteiger partial charge in [0.15, 0.2) is 0 Å². The van der Waals surface area contributed by atoms with Gasteiger partial charge in [0.25, 0.3) is 0 Å². The third kappa shape index (κ3) is 4.17. The van der Waals surface area contributed by atoms with E-state index in [4.69, 9.17) is 10.5 Å². The Bertz CT molecular complexity index is 324. The Hall–Kier alpha value is -0.620. The third-order valence-corrected chi connectivity index (χ3v) is 2.71. The molecule has 0 aromatic heterocycles. The first kappa shape index (κ1) is 12.4. The van der Waals surface area contributed by atoms with E-state index in [1.807, 2.05) is 24.3 Å². The van der Waals surface area contributed by atoms with Crippen molar-refractivity contribution in [3.63, 3.8) is 0 Å². The van der Waals surface area contributed by atoms with Crippen LogP contribution < -0.4 is 5.73 Å². The predicted molar refractivity (Wildman–Crippen MR) is 67.3 cm³/mol. The lowest BCUT2D eigenvalue weighted by Gasteiger charge is -2.11. The number of hydrogen-bond donors (Lipinski definition) is 1. The van der Waals surface area contributed by atoms with Crippen LogP contribution in [-0.4, -0.2) is 12.6 Å². The van der Waals surface area contributed by atoms with Crippen LogP contribution in [0.5, 0.6) is 0 Å². The minimum atomic E-state index is -0.277. The van der Waals surface area contributed by atoms with Gasteiger partial charge in [0.2, 0.25) is 0 Å². The average Bonchev–Trinajstić information content (AvgIpc) is 2.18. The minimum Gasteiger partial charge on any atom is -0.466 e. The topological polar surface area (TPSA) is 52.3 Å². The lowest BCUT2D eigenvalue weighted by atomic mass is 10.1. The van der Waals surface area contributed by atoms with Gasteiger partial charge in [-0.15, -0.1) is 0 Å². The van der Waals surface area contributed by atoms with Gasteiger partial charge in [-0.1, -0.05) is 12.1 Å². The predicted octanol–water partition coefficient (Wildman–Crippen LogP) is 2.24. The summed E-state index contributed by atoms with van der Waals surface area (Å²) >= 11 is 2.23. The van der Waals surface area contributed by atoms with Crippen LogP contribution in [0.2, 0.25) is 0 Å². The zero-order valence-corrected chi connectivity index (χ0v) is 10.7. The summed E-state index contributed by atoms with van der Waals surface area (Å²) in [5.74, 6) is -0.247. The first-order valence-electron chi connectivity index (χ1n) is 4.80. The molecule has 1 rings (SSSR count). The summed E-state index contributed by atoms with van der Waals surface area (Å²) in [5, 5.41) is 0. The van der Waals surface area contributed by atoms with Gasteiger partial charge in [-0.3, -0.25) is 4.79 Å². The van der Waals surface area contributed by atoms with Crippen molar-refractivity contribution in [3.05, 3.63) is 33.4 Å². The molecule has 0 amide bonds. The van der Waals surface area contributed by atoms with Gasteiger partial charge in [0.05, 0.1) is 13.0 Å². The molecule has 0 aliphatic heterocycles. The lowest BCUT2D eigenvalue weighted by Crippen LogP contribution is -2.17. The highest BCUT2D eigenvalue weighted by Crippen LogP contribution is 2.16. The van der Waals surface area contributed by atoms with E-state index in [9.17, 15) is 4.79 Å². The maximum Gasteiger partial charge on any atom is 0.307 e. The van der Waals surface area contributed by atoms with Crippen LogP contribution in [0.4, 0.5) is 0 Å². The Labute approximate surface area is 103 Å². The van der Waals surface area contributed by atoms with E-state index in [1.54, 1.807) is 6.92 Å². The summed E-state index contributed by atoms with van der Waals surface area (Å²) in [5.41, 5.74) is 6.83. The van der Waals surface area contributed by atoms with Crippen molar-refractivity contribution in [3.8, 4) is 0 Å². The van der Waals surface area contributed by atoms with E-state index in [0.29, 0.717) is 6.61 Å². The molecular formula is C11H14INO2. The fourth-order valence-electron chi connectivity index (χ4n) is 1.23. The number of hydrogen-bond acceptors (Lipinski definition) is 3. The molecule has 82 valence electrons.